The minimum absolute atomic E-state index is 0.0513. The summed E-state index contributed by atoms with van der Waals surface area (Å²) in [5, 5.41) is 2.96. The van der Waals surface area contributed by atoms with Crippen molar-refractivity contribution in [2.24, 2.45) is 0 Å². The molecule has 0 aromatic rings. The molecular weight excluding hydrogens is 208 g/mol. The predicted molar refractivity (Wildman–Crippen MR) is 59.9 cm³/mol. The molecular formula is C11H20N2O3. The Morgan fingerprint density at radius 3 is 2.62 bits per heavy atom. The fourth-order valence-electron chi connectivity index (χ4n) is 1.55. The quantitative estimate of drug-likeness (QED) is 0.683. The largest absolute Gasteiger partial charge is 0.458 e. The molecule has 1 saturated heterocycles. The van der Waals surface area contributed by atoms with Gasteiger partial charge < -0.3 is 15.0 Å². The van der Waals surface area contributed by atoms with Gasteiger partial charge in [-0.3, -0.25) is 4.79 Å². The van der Waals surface area contributed by atoms with Crippen LogP contribution in [0.2, 0.25) is 0 Å². The highest BCUT2D eigenvalue weighted by atomic mass is 16.6. The Balaban J connectivity index is 2.59. The van der Waals surface area contributed by atoms with Crippen LogP contribution in [0.5, 0.6) is 0 Å². The third-order valence-corrected chi connectivity index (χ3v) is 2.34. The Morgan fingerprint density at radius 2 is 2.12 bits per heavy atom. The molecule has 1 heterocycles. The number of hydrogen-bond acceptors (Lipinski definition) is 4. The molecule has 1 atom stereocenters. The van der Waals surface area contributed by atoms with E-state index in [-0.39, 0.29) is 11.9 Å². The van der Waals surface area contributed by atoms with Gasteiger partial charge in [0, 0.05) is 13.1 Å². The number of rotatable bonds is 2. The zero-order valence-electron chi connectivity index (χ0n) is 10.4. The van der Waals surface area contributed by atoms with E-state index in [1.54, 1.807) is 11.8 Å². The Bertz CT molecular complexity index is 283. The van der Waals surface area contributed by atoms with Crippen LogP contribution >= 0.6 is 0 Å². The monoisotopic (exact) mass is 228 g/mol. The molecule has 0 saturated carbocycles. The highest BCUT2D eigenvalue weighted by Crippen LogP contribution is 2.12. The van der Waals surface area contributed by atoms with Crippen molar-refractivity contribution in [3.8, 4) is 0 Å². The third kappa shape index (κ3) is 3.48. The second kappa shape index (κ2) is 4.82. The van der Waals surface area contributed by atoms with Crippen molar-refractivity contribution in [1.29, 1.82) is 0 Å². The van der Waals surface area contributed by atoms with Crippen molar-refractivity contribution in [3.05, 3.63) is 0 Å². The molecule has 1 aliphatic rings. The molecule has 0 spiro atoms. The minimum Gasteiger partial charge on any atom is -0.458 e. The highest BCUT2D eigenvalue weighted by Gasteiger charge is 2.30. The van der Waals surface area contributed by atoms with Crippen molar-refractivity contribution < 1.29 is 14.3 Å². The normalized spacial score (nSPS) is 19.5. The molecule has 1 amide bonds. The van der Waals surface area contributed by atoms with E-state index in [1.807, 2.05) is 20.8 Å². The van der Waals surface area contributed by atoms with Gasteiger partial charge in [-0.15, -0.1) is 0 Å². The second-order valence-corrected chi connectivity index (χ2v) is 4.97. The number of amides is 1. The summed E-state index contributed by atoms with van der Waals surface area (Å²) in [6.07, 6.45) is 0. The zero-order chi connectivity index (χ0) is 12.3. The van der Waals surface area contributed by atoms with Gasteiger partial charge >= 0.3 is 5.97 Å². The fraction of sp³-hybridized carbons (Fsp3) is 0.818. The summed E-state index contributed by atoms with van der Waals surface area (Å²) in [4.78, 5) is 24.9. The third-order valence-electron chi connectivity index (χ3n) is 2.34. The number of piperazine rings is 1. The van der Waals surface area contributed by atoms with E-state index in [0.29, 0.717) is 13.1 Å². The van der Waals surface area contributed by atoms with Crippen LogP contribution in [-0.2, 0) is 14.3 Å². The van der Waals surface area contributed by atoms with Gasteiger partial charge in [-0.2, -0.15) is 0 Å². The number of esters is 1. The van der Waals surface area contributed by atoms with E-state index in [0.717, 1.165) is 6.54 Å². The molecule has 5 heteroatoms. The number of hydrogen-bond donors (Lipinski definition) is 1. The lowest BCUT2D eigenvalue weighted by Crippen LogP contribution is -2.54. The van der Waals surface area contributed by atoms with Crippen molar-refractivity contribution in [3.63, 3.8) is 0 Å². The van der Waals surface area contributed by atoms with Crippen LogP contribution in [0, 0.1) is 0 Å². The van der Waals surface area contributed by atoms with Crippen LogP contribution in [-0.4, -0.2) is 48.1 Å². The van der Waals surface area contributed by atoms with Crippen LogP contribution in [0.4, 0.5) is 0 Å². The first-order chi connectivity index (χ1) is 7.31. The number of nitrogens with zero attached hydrogens (tertiary/aromatic N) is 1. The van der Waals surface area contributed by atoms with Crippen molar-refractivity contribution in [1.82, 2.24) is 10.2 Å². The lowest BCUT2D eigenvalue weighted by molar-refractivity contribution is -0.164. The number of ether oxygens (including phenoxy) is 1. The van der Waals surface area contributed by atoms with Crippen molar-refractivity contribution >= 4 is 11.9 Å². The highest BCUT2D eigenvalue weighted by molar-refractivity contribution is 5.86. The number of nitrogens with one attached hydrogen (secondary N) is 1. The van der Waals surface area contributed by atoms with E-state index in [2.05, 4.69) is 5.32 Å². The Morgan fingerprint density at radius 1 is 1.50 bits per heavy atom. The van der Waals surface area contributed by atoms with E-state index in [1.165, 1.54) is 0 Å². The molecule has 0 bridgehead atoms. The summed E-state index contributed by atoms with van der Waals surface area (Å²) in [7, 11) is 0. The molecule has 1 N–H and O–H groups in total. The molecule has 5 nitrogen and oxygen atoms in total. The smallest absolute Gasteiger partial charge is 0.329 e. The molecule has 0 aliphatic carbocycles. The Labute approximate surface area is 96.1 Å². The maximum absolute atomic E-state index is 11.8. The van der Waals surface area contributed by atoms with Crippen LogP contribution < -0.4 is 5.32 Å². The van der Waals surface area contributed by atoms with Crippen molar-refractivity contribution in [2.75, 3.05) is 19.6 Å². The first kappa shape index (κ1) is 13.0. The summed E-state index contributed by atoms with van der Waals surface area (Å²) in [5.74, 6) is -0.396. The molecule has 1 rings (SSSR count). The Hall–Kier alpha value is -1.10. The average molecular weight is 228 g/mol. The van der Waals surface area contributed by atoms with E-state index in [4.69, 9.17) is 4.74 Å². The van der Waals surface area contributed by atoms with Gasteiger partial charge in [0.1, 0.15) is 11.6 Å². The Kier molecular flexibility index (Phi) is 3.91. The summed E-state index contributed by atoms with van der Waals surface area (Å²) in [6, 6.07) is -0.506. The van der Waals surface area contributed by atoms with Gasteiger partial charge in [0.2, 0.25) is 5.91 Å². The van der Waals surface area contributed by atoms with E-state index < -0.39 is 11.6 Å². The van der Waals surface area contributed by atoms with Crippen molar-refractivity contribution in [2.45, 2.75) is 39.3 Å². The maximum Gasteiger partial charge on any atom is 0.329 e. The van der Waals surface area contributed by atoms with Gasteiger partial charge in [-0.25, -0.2) is 4.79 Å². The van der Waals surface area contributed by atoms with Gasteiger partial charge in [0.05, 0.1) is 6.54 Å². The topological polar surface area (TPSA) is 58.6 Å². The van der Waals surface area contributed by atoms with Crippen LogP contribution in [0.15, 0.2) is 0 Å². The molecule has 0 radical (unpaired) electrons. The van der Waals surface area contributed by atoms with E-state index in [9.17, 15) is 9.59 Å². The molecule has 1 unspecified atom stereocenters. The van der Waals surface area contributed by atoms with Gasteiger partial charge in [-0.05, 0) is 27.7 Å². The lowest BCUT2D eigenvalue weighted by Gasteiger charge is -2.33. The lowest BCUT2D eigenvalue weighted by atomic mass is 10.2. The molecule has 1 aliphatic heterocycles. The first-order valence-corrected chi connectivity index (χ1v) is 5.54. The summed E-state index contributed by atoms with van der Waals surface area (Å²) >= 11 is 0. The standard InChI is InChI=1S/C11H20N2O3/c1-8(10(15)16-11(2,3)4)13-6-5-12-7-9(13)14/h8,12H,5-7H2,1-4H3. The van der Waals surface area contributed by atoms with E-state index >= 15 is 0 Å². The molecule has 16 heavy (non-hydrogen) atoms. The zero-order valence-corrected chi connectivity index (χ0v) is 10.4. The minimum atomic E-state index is -0.511. The fourth-order valence-corrected chi connectivity index (χ4v) is 1.55. The molecule has 92 valence electrons. The maximum atomic E-state index is 11.8. The summed E-state index contributed by atoms with van der Waals surface area (Å²) in [6.45, 7) is 8.73. The number of carbonyl (C=O) groups excluding carboxylic acids is 2. The molecule has 1 fully saturated rings. The second-order valence-electron chi connectivity index (χ2n) is 4.97. The van der Waals surface area contributed by atoms with Crippen LogP contribution in [0.3, 0.4) is 0 Å². The van der Waals surface area contributed by atoms with Gasteiger partial charge in [0.15, 0.2) is 0 Å². The predicted octanol–water partition coefficient (Wildman–Crippen LogP) is 0.148. The van der Waals surface area contributed by atoms with Gasteiger partial charge in [-0.1, -0.05) is 0 Å². The van der Waals surface area contributed by atoms with Crippen LogP contribution in [0.25, 0.3) is 0 Å². The first-order valence-electron chi connectivity index (χ1n) is 5.54. The summed E-state index contributed by atoms with van der Waals surface area (Å²) < 4.78 is 5.25. The molecule has 0 aromatic carbocycles. The average Bonchev–Trinajstić information content (AvgIpc) is 2.15. The SMILES string of the molecule is CC(C(=O)OC(C)(C)C)N1CCNCC1=O. The van der Waals surface area contributed by atoms with Crippen LogP contribution in [0.1, 0.15) is 27.7 Å². The van der Waals surface area contributed by atoms with Gasteiger partial charge in [0.25, 0.3) is 0 Å². The summed E-state index contributed by atoms with van der Waals surface area (Å²) in [5.41, 5.74) is -0.511. The molecule has 0 aromatic heterocycles. The number of carbonyl (C=O) groups is 2.